The maximum absolute atomic E-state index is 12.0. The molecule has 2 aromatic rings. The minimum atomic E-state index is -0.220. The molecule has 0 aliphatic rings. The number of aryl methyl sites for hydroxylation is 2. The highest BCUT2D eigenvalue weighted by atomic mass is 35.5. The molecule has 94 valence electrons. The zero-order valence-electron chi connectivity index (χ0n) is 10.1. The third kappa shape index (κ3) is 2.68. The first-order valence-electron chi connectivity index (χ1n) is 5.55. The van der Waals surface area contributed by atoms with E-state index in [0.29, 0.717) is 10.7 Å². The summed E-state index contributed by atoms with van der Waals surface area (Å²) in [6, 6.07) is 3.22. The Balaban J connectivity index is 2.18. The Morgan fingerprint density at radius 2 is 2.28 bits per heavy atom. The molecule has 0 saturated carbocycles. The van der Waals surface area contributed by atoms with Crippen LogP contribution < -0.4 is 5.32 Å². The summed E-state index contributed by atoms with van der Waals surface area (Å²) in [6.45, 7) is 1.99. The summed E-state index contributed by atoms with van der Waals surface area (Å²) < 4.78 is 1.68. The zero-order valence-corrected chi connectivity index (χ0v) is 10.9. The van der Waals surface area contributed by atoms with Crippen LogP contribution in [0.1, 0.15) is 23.0 Å². The van der Waals surface area contributed by atoms with Crippen LogP contribution in [0.25, 0.3) is 0 Å². The number of nitrogens with zero attached hydrogens (tertiary/aromatic N) is 3. The van der Waals surface area contributed by atoms with E-state index in [0.717, 1.165) is 17.8 Å². The van der Waals surface area contributed by atoms with Crippen molar-refractivity contribution in [2.75, 3.05) is 5.32 Å². The Bertz CT molecular complexity index is 562. The summed E-state index contributed by atoms with van der Waals surface area (Å²) in [6.07, 6.45) is 3.98. The highest BCUT2D eigenvalue weighted by Crippen LogP contribution is 2.15. The van der Waals surface area contributed by atoms with Crippen LogP contribution >= 0.6 is 11.6 Å². The van der Waals surface area contributed by atoms with E-state index < -0.39 is 0 Å². The monoisotopic (exact) mass is 264 g/mol. The fourth-order valence-electron chi connectivity index (χ4n) is 1.60. The van der Waals surface area contributed by atoms with Gasteiger partial charge in [0.25, 0.3) is 5.91 Å². The quantitative estimate of drug-likeness (QED) is 0.866. The summed E-state index contributed by atoms with van der Waals surface area (Å²) in [5, 5.41) is 7.43. The average molecular weight is 265 g/mol. The van der Waals surface area contributed by atoms with Crippen molar-refractivity contribution >= 4 is 23.2 Å². The third-order valence-corrected chi connectivity index (χ3v) is 2.70. The topological polar surface area (TPSA) is 59.8 Å². The highest BCUT2D eigenvalue weighted by Gasteiger charge is 2.11. The van der Waals surface area contributed by atoms with Crippen LogP contribution in [0.3, 0.4) is 0 Å². The molecule has 1 N–H and O–H groups in total. The molecule has 2 aromatic heterocycles. The standard InChI is InChI=1S/C12H13ClN4O/c1-3-9-10(7-17(2)16-9)15-12(18)8-4-5-11(13)14-6-8/h4-7H,3H2,1-2H3,(H,15,18). The van der Waals surface area contributed by atoms with Gasteiger partial charge in [-0.2, -0.15) is 5.10 Å². The molecule has 0 bridgehead atoms. The number of aromatic nitrogens is 3. The van der Waals surface area contributed by atoms with Crippen molar-refractivity contribution in [1.82, 2.24) is 14.8 Å². The smallest absolute Gasteiger partial charge is 0.257 e. The summed E-state index contributed by atoms with van der Waals surface area (Å²) >= 11 is 5.67. The molecule has 0 spiro atoms. The lowest BCUT2D eigenvalue weighted by Crippen LogP contribution is -2.12. The van der Waals surface area contributed by atoms with E-state index in [1.54, 1.807) is 23.0 Å². The van der Waals surface area contributed by atoms with Crippen LogP contribution in [0.15, 0.2) is 24.5 Å². The average Bonchev–Trinajstić information content (AvgIpc) is 2.70. The van der Waals surface area contributed by atoms with Crippen LogP contribution in [-0.4, -0.2) is 20.7 Å². The van der Waals surface area contributed by atoms with E-state index >= 15 is 0 Å². The lowest BCUT2D eigenvalue weighted by Gasteiger charge is -2.03. The SMILES string of the molecule is CCc1nn(C)cc1NC(=O)c1ccc(Cl)nc1. The van der Waals surface area contributed by atoms with E-state index in [1.165, 1.54) is 6.20 Å². The molecule has 0 unspecified atom stereocenters. The summed E-state index contributed by atoms with van der Waals surface area (Å²) in [5.74, 6) is -0.220. The Morgan fingerprint density at radius 1 is 1.50 bits per heavy atom. The van der Waals surface area contributed by atoms with E-state index in [2.05, 4.69) is 15.4 Å². The summed E-state index contributed by atoms with van der Waals surface area (Å²) in [7, 11) is 1.82. The predicted molar refractivity (Wildman–Crippen MR) is 69.8 cm³/mol. The zero-order chi connectivity index (χ0) is 13.1. The highest BCUT2D eigenvalue weighted by molar-refractivity contribution is 6.29. The first kappa shape index (κ1) is 12.6. The van der Waals surface area contributed by atoms with Gasteiger partial charge in [-0.05, 0) is 18.6 Å². The largest absolute Gasteiger partial charge is 0.319 e. The summed E-state index contributed by atoms with van der Waals surface area (Å²) in [5.41, 5.74) is 2.04. The number of rotatable bonds is 3. The molecule has 0 radical (unpaired) electrons. The fraction of sp³-hybridized carbons (Fsp3) is 0.250. The second-order valence-corrected chi connectivity index (χ2v) is 4.23. The second-order valence-electron chi connectivity index (χ2n) is 3.84. The van der Waals surface area contributed by atoms with Crippen LogP contribution in [0.5, 0.6) is 0 Å². The molecule has 0 aliphatic heterocycles. The van der Waals surface area contributed by atoms with Gasteiger partial charge in [-0.1, -0.05) is 18.5 Å². The number of carbonyl (C=O) groups excluding carboxylic acids is 1. The third-order valence-electron chi connectivity index (χ3n) is 2.48. The number of pyridine rings is 1. The minimum absolute atomic E-state index is 0.220. The lowest BCUT2D eigenvalue weighted by atomic mass is 10.2. The van der Waals surface area contributed by atoms with E-state index in [1.807, 2.05) is 14.0 Å². The number of halogens is 1. The molecule has 2 rings (SSSR count). The van der Waals surface area contributed by atoms with Crippen LogP contribution in [0, 0.1) is 0 Å². The Kier molecular flexibility index (Phi) is 3.62. The number of hydrogen-bond donors (Lipinski definition) is 1. The maximum Gasteiger partial charge on any atom is 0.257 e. The van der Waals surface area contributed by atoms with E-state index in [9.17, 15) is 4.79 Å². The molecule has 1 amide bonds. The number of hydrogen-bond acceptors (Lipinski definition) is 3. The molecule has 2 heterocycles. The molecule has 0 aliphatic carbocycles. The van der Waals surface area contributed by atoms with Crippen LogP contribution in [0.4, 0.5) is 5.69 Å². The molecular weight excluding hydrogens is 252 g/mol. The van der Waals surface area contributed by atoms with E-state index in [4.69, 9.17) is 11.6 Å². The van der Waals surface area contributed by atoms with Gasteiger partial charge in [-0.25, -0.2) is 4.98 Å². The molecule has 0 fully saturated rings. The lowest BCUT2D eigenvalue weighted by molar-refractivity contribution is 0.102. The molecular formula is C12H13ClN4O. The van der Waals surface area contributed by atoms with Crippen molar-refractivity contribution in [2.45, 2.75) is 13.3 Å². The first-order chi connectivity index (χ1) is 8.60. The van der Waals surface area contributed by atoms with Gasteiger partial charge in [0.2, 0.25) is 0 Å². The molecule has 5 nitrogen and oxygen atoms in total. The van der Waals surface area contributed by atoms with Gasteiger partial charge in [0.1, 0.15) is 5.15 Å². The van der Waals surface area contributed by atoms with Gasteiger partial charge in [0.15, 0.2) is 0 Å². The van der Waals surface area contributed by atoms with Crippen molar-refractivity contribution in [1.29, 1.82) is 0 Å². The van der Waals surface area contributed by atoms with Crippen molar-refractivity contribution in [3.8, 4) is 0 Å². The molecule has 6 heteroatoms. The van der Waals surface area contributed by atoms with Gasteiger partial charge >= 0.3 is 0 Å². The Labute approximate surface area is 110 Å². The Morgan fingerprint density at radius 3 is 2.89 bits per heavy atom. The predicted octanol–water partition coefficient (Wildman–Crippen LogP) is 2.28. The van der Waals surface area contributed by atoms with Gasteiger partial charge in [-0.15, -0.1) is 0 Å². The molecule has 18 heavy (non-hydrogen) atoms. The number of anilines is 1. The molecule has 0 atom stereocenters. The van der Waals surface area contributed by atoms with Gasteiger partial charge in [-0.3, -0.25) is 9.48 Å². The van der Waals surface area contributed by atoms with Gasteiger partial charge in [0.05, 0.1) is 16.9 Å². The van der Waals surface area contributed by atoms with Gasteiger partial charge < -0.3 is 5.32 Å². The maximum atomic E-state index is 12.0. The van der Waals surface area contributed by atoms with Crippen molar-refractivity contribution in [2.24, 2.45) is 7.05 Å². The van der Waals surface area contributed by atoms with Crippen molar-refractivity contribution in [3.05, 3.63) is 40.9 Å². The number of nitrogens with one attached hydrogen (secondary N) is 1. The fourth-order valence-corrected chi connectivity index (χ4v) is 1.72. The van der Waals surface area contributed by atoms with Gasteiger partial charge in [0, 0.05) is 19.4 Å². The molecule has 0 aromatic carbocycles. The minimum Gasteiger partial charge on any atom is -0.319 e. The van der Waals surface area contributed by atoms with Crippen LogP contribution in [0.2, 0.25) is 5.15 Å². The molecule has 0 saturated heterocycles. The van der Waals surface area contributed by atoms with Crippen molar-refractivity contribution < 1.29 is 4.79 Å². The Hall–Kier alpha value is -1.88. The van der Waals surface area contributed by atoms with Crippen LogP contribution in [-0.2, 0) is 13.5 Å². The second kappa shape index (κ2) is 5.18. The normalized spacial score (nSPS) is 10.4. The number of amides is 1. The number of carbonyl (C=O) groups is 1. The van der Waals surface area contributed by atoms with Crippen molar-refractivity contribution in [3.63, 3.8) is 0 Å². The summed E-state index contributed by atoms with van der Waals surface area (Å²) in [4.78, 5) is 15.8. The first-order valence-corrected chi connectivity index (χ1v) is 5.93. The van der Waals surface area contributed by atoms with E-state index in [-0.39, 0.29) is 5.91 Å².